The molecule has 132 valence electrons. The first kappa shape index (κ1) is 16.5. The molecule has 1 fully saturated rings. The van der Waals surface area contributed by atoms with Gasteiger partial charge in [0.25, 0.3) is 0 Å². The molecule has 3 heterocycles. The van der Waals surface area contributed by atoms with Crippen molar-refractivity contribution in [1.29, 1.82) is 0 Å². The van der Waals surface area contributed by atoms with Gasteiger partial charge in [-0.05, 0) is 43.4 Å². The first-order valence-electron chi connectivity index (χ1n) is 8.72. The van der Waals surface area contributed by atoms with Crippen LogP contribution in [0.4, 0.5) is 0 Å². The Balaban J connectivity index is 1.48. The fraction of sp³-hybridized carbons (Fsp3) is 0.474. The van der Waals surface area contributed by atoms with Crippen LogP contribution in [0.5, 0.6) is 11.5 Å². The Labute approximate surface area is 151 Å². The van der Waals surface area contributed by atoms with Gasteiger partial charge in [-0.1, -0.05) is 18.7 Å². The van der Waals surface area contributed by atoms with Gasteiger partial charge in [0.2, 0.25) is 12.7 Å². The minimum atomic E-state index is 0.212. The number of rotatable bonds is 3. The van der Waals surface area contributed by atoms with Crippen molar-refractivity contribution in [3.05, 3.63) is 23.8 Å². The van der Waals surface area contributed by atoms with Gasteiger partial charge in [-0.15, -0.1) is 0 Å². The van der Waals surface area contributed by atoms with E-state index in [1.807, 2.05) is 24.0 Å². The normalized spacial score (nSPS) is 17.3. The third kappa shape index (κ3) is 3.40. The third-order valence-electron chi connectivity index (χ3n) is 4.92. The van der Waals surface area contributed by atoms with Crippen molar-refractivity contribution in [3.8, 4) is 11.5 Å². The summed E-state index contributed by atoms with van der Waals surface area (Å²) in [6, 6.07) is 5.97. The highest BCUT2D eigenvalue weighted by Crippen LogP contribution is 2.37. The molecule has 0 N–H and O–H groups in total. The monoisotopic (exact) mass is 358 g/mol. The molecule has 1 aromatic heterocycles. The molecule has 6 heteroatoms. The van der Waals surface area contributed by atoms with Crippen LogP contribution in [0.1, 0.15) is 25.3 Å². The van der Waals surface area contributed by atoms with Gasteiger partial charge in [-0.3, -0.25) is 4.79 Å². The lowest BCUT2D eigenvalue weighted by atomic mass is 9.99. The zero-order chi connectivity index (χ0) is 17.4. The minimum absolute atomic E-state index is 0.212. The number of amides is 1. The average molecular weight is 358 g/mol. The molecular weight excluding hydrogens is 336 g/mol. The van der Waals surface area contributed by atoms with Gasteiger partial charge in [-0.2, -0.15) is 0 Å². The molecule has 4 rings (SSSR count). The first-order valence-corrected chi connectivity index (χ1v) is 9.70. The number of aryl methyl sites for hydroxylation is 1. The zero-order valence-electron chi connectivity index (χ0n) is 14.6. The van der Waals surface area contributed by atoms with Gasteiger partial charge in [0.1, 0.15) is 5.03 Å². The van der Waals surface area contributed by atoms with E-state index in [1.165, 1.54) is 11.8 Å². The third-order valence-corrected chi connectivity index (χ3v) is 6.00. The lowest BCUT2D eigenvalue weighted by Gasteiger charge is -2.30. The number of carbonyl (C=O) groups is 1. The van der Waals surface area contributed by atoms with Crippen molar-refractivity contribution in [1.82, 2.24) is 9.88 Å². The lowest BCUT2D eigenvalue weighted by Crippen LogP contribution is -2.38. The second kappa shape index (κ2) is 6.75. The van der Waals surface area contributed by atoms with Crippen LogP contribution in [0.25, 0.3) is 10.9 Å². The van der Waals surface area contributed by atoms with E-state index in [0.717, 1.165) is 64.8 Å². The van der Waals surface area contributed by atoms with E-state index in [0.29, 0.717) is 5.75 Å². The number of ether oxygens (including phenoxy) is 2. The van der Waals surface area contributed by atoms with Crippen molar-refractivity contribution >= 4 is 28.6 Å². The van der Waals surface area contributed by atoms with Gasteiger partial charge >= 0.3 is 0 Å². The minimum Gasteiger partial charge on any atom is -0.454 e. The number of hydrogen-bond donors (Lipinski definition) is 0. The van der Waals surface area contributed by atoms with Crippen molar-refractivity contribution in [3.63, 3.8) is 0 Å². The summed E-state index contributed by atoms with van der Waals surface area (Å²) in [5.41, 5.74) is 1.95. The highest BCUT2D eigenvalue weighted by atomic mass is 32.2. The number of nitrogens with zero attached hydrogens (tertiary/aromatic N) is 2. The molecule has 0 bridgehead atoms. The highest BCUT2D eigenvalue weighted by Gasteiger charge is 2.21. The average Bonchev–Trinajstić information content (AvgIpc) is 3.05. The van der Waals surface area contributed by atoms with Gasteiger partial charge in [0, 0.05) is 24.5 Å². The Kier molecular flexibility index (Phi) is 4.46. The molecule has 0 saturated carbocycles. The maximum absolute atomic E-state index is 12.4. The van der Waals surface area contributed by atoms with Crippen LogP contribution in [-0.4, -0.2) is 41.4 Å². The van der Waals surface area contributed by atoms with Crippen LogP contribution in [0.3, 0.4) is 0 Å². The van der Waals surface area contributed by atoms with E-state index < -0.39 is 0 Å². The molecule has 2 aliphatic heterocycles. The Morgan fingerprint density at radius 1 is 1.24 bits per heavy atom. The largest absolute Gasteiger partial charge is 0.454 e. The quantitative estimate of drug-likeness (QED) is 0.785. The molecule has 5 nitrogen and oxygen atoms in total. The number of pyridine rings is 1. The molecule has 0 radical (unpaired) electrons. The van der Waals surface area contributed by atoms with Gasteiger partial charge in [-0.25, -0.2) is 4.98 Å². The predicted molar refractivity (Wildman–Crippen MR) is 98.3 cm³/mol. The molecule has 2 aliphatic rings. The van der Waals surface area contributed by atoms with E-state index >= 15 is 0 Å². The molecule has 25 heavy (non-hydrogen) atoms. The summed E-state index contributed by atoms with van der Waals surface area (Å²) in [7, 11) is 0. The Hall–Kier alpha value is -1.95. The topological polar surface area (TPSA) is 51.7 Å². The maximum Gasteiger partial charge on any atom is 0.232 e. The van der Waals surface area contributed by atoms with E-state index in [1.54, 1.807) is 0 Å². The standard InChI is InChI=1S/C19H22N2O3S/c1-12-3-5-21(6-4-12)18(22)10-25-19-13(2)7-14-8-16-17(24-11-23-16)9-15(14)20-19/h7-9,12H,3-6,10-11H2,1-2H3. The molecule has 1 saturated heterocycles. The number of carbonyl (C=O) groups excluding carboxylic acids is 1. The number of benzene rings is 1. The summed E-state index contributed by atoms with van der Waals surface area (Å²) in [6.07, 6.45) is 2.22. The molecule has 2 aromatic rings. The summed E-state index contributed by atoms with van der Waals surface area (Å²) in [4.78, 5) is 19.2. The van der Waals surface area contributed by atoms with E-state index in [2.05, 4.69) is 13.0 Å². The summed E-state index contributed by atoms with van der Waals surface area (Å²) < 4.78 is 10.9. The van der Waals surface area contributed by atoms with Crippen LogP contribution in [0.2, 0.25) is 0 Å². The number of piperidine rings is 1. The number of likely N-dealkylation sites (tertiary alicyclic amines) is 1. The molecule has 0 spiro atoms. The SMILES string of the molecule is Cc1cc2cc3c(cc2nc1SCC(=O)N1CCC(C)CC1)OCO3. The number of fused-ring (bicyclic) bond motifs is 2. The molecule has 1 amide bonds. The van der Waals surface area contributed by atoms with Gasteiger partial charge in [0.05, 0.1) is 11.3 Å². The Morgan fingerprint density at radius 3 is 2.72 bits per heavy atom. The maximum atomic E-state index is 12.4. The molecule has 0 aliphatic carbocycles. The van der Waals surface area contributed by atoms with Crippen LogP contribution < -0.4 is 9.47 Å². The van der Waals surface area contributed by atoms with E-state index in [9.17, 15) is 4.79 Å². The smallest absolute Gasteiger partial charge is 0.232 e. The van der Waals surface area contributed by atoms with Crippen molar-refractivity contribution in [2.24, 2.45) is 5.92 Å². The Morgan fingerprint density at radius 2 is 1.96 bits per heavy atom. The first-order chi connectivity index (χ1) is 12.1. The second-order valence-corrected chi connectivity index (χ2v) is 7.82. The van der Waals surface area contributed by atoms with Gasteiger partial charge in [0.15, 0.2) is 11.5 Å². The molecule has 0 atom stereocenters. The summed E-state index contributed by atoms with van der Waals surface area (Å²) in [6.45, 7) is 6.31. The molecular formula is C19H22N2O3S. The lowest BCUT2D eigenvalue weighted by molar-refractivity contribution is -0.129. The number of aromatic nitrogens is 1. The zero-order valence-corrected chi connectivity index (χ0v) is 15.4. The molecule has 0 unspecified atom stereocenters. The summed E-state index contributed by atoms with van der Waals surface area (Å²) in [5, 5.41) is 1.94. The second-order valence-electron chi connectivity index (χ2n) is 6.86. The van der Waals surface area contributed by atoms with E-state index in [-0.39, 0.29) is 12.7 Å². The van der Waals surface area contributed by atoms with Crippen molar-refractivity contribution in [2.75, 3.05) is 25.6 Å². The highest BCUT2D eigenvalue weighted by molar-refractivity contribution is 7.99. The number of hydrogen-bond acceptors (Lipinski definition) is 5. The van der Waals surface area contributed by atoms with Crippen LogP contribution >= 0.6 is 11.8 Å². The fourth-order valence-corrected chi connectivity index (χ4v) is 4.17. The summed E-state index contributed by atoms with van der Waals surface area (Å²) >= 11 is 1.52. The predicted octanol–water partition coefficient (Wildman–Crippen LogP) is 3.62. The molecule has 1 aromatic carbocycles. The van der Waals surface area contributed by atoms with Crippen LogP contribution in [-0.2, 0) is 4.79 Å². The van der Waals surface area contributed by atoms with E-state index in [4.69, 9.17) is 14.5 Å². The van der Waals surface area contributed by atoms with Gasteiger partial charge < -0.3 is 14.4 Å². The van der Waals surface area contributed by atoms with Crippen molar-refractivity contribution in [2.45, 2.75) is 31.7 Å². The fourth-order valence-electron chi connectivity index (χ4n) is 3.28. The van der Waals surface area contributed by atoms with Crippen molar-refractivity contribution < 1.29 is 14.3 Å². The Bertz CT molecular complexity index is 816. The summed E-state index contributed by atoms with van der Waals surface area (Å²) in [5.74, 6) is 2.89. The van der Waals surface area contributed by atoms with Crippen LogP contribution in [0, 0.1) is 12.8 Å². The number of thioether (sulfide) groups is 1. The van der Waals surface area contributed by atoms with Crippen LogP contribution in [0.15, 0.2) is 23.2 Å².